The van der Waals surface area contributed by atoms with Crippen molar-refractivity contribution < 1.29 is 0 Å². The second-order valence-electron chi connectivity index (χ2n) is 6.43. The number of hydrogen-bond acceptors (Lipinski definition) is 1. The first kappa shape index (κ1) is 12.6. The molecule has 0 aromatic heterocycles. The molecule has 1 heterocycles. The fourth-order valence-corrected chi connectivity index (χ4v) is 2.75. The Hall–Kier alpha value is -0.820. The van der Waals surface area contributed by atoms with Crippen LogP contribution in [0.2, 0.25) is 0 Å². The third-order valence-electron chi connectivity index (χ3n) is 3.98. The van der Waals surface area contributed by atoms with Crippen LogP contribution in [0.4, 0.5) is 0 Å². The van der Waals surface area contributed by atoms with Crippen molar-refractivity contribution in [3.05, 3.63) is 35.9 Å². The van der Waals surface area contributed by atoms with E-state index in [1.807, 2.05) is 0 Å². The Morgan fingerprint density at radius 3 is 2.53 bits per heavy atom. The van der Waals surface area contributed by atoms with Crippen LogP contribution in [0, 0.1) is 11.3 Å². The van der Waals surface area contributed by atoms with Crippen LogP contribution in [-0.4, -0.2) is 18.0 Å². The highest BCUT2D eigenvalue weighted by molar-refractivity contribution is 5.14. The molecule has 1 heteroatoms. The Kier molecular flexibility index (Phi) is 3.88. The smallest absolute Gasteiger partial charge is 0.0233 e. The molecule has 1 atom stereocenters. The van der Waals surface area contributed by atoms with E-state index >= 15 is 0 Å². The lowest BCUT2D eigenvalue weighted by Crippen LogP contribution is -2.40. The molecule has 1 aromatic rings. The Morgan fingerprint density at radius 1 is 1.18 bits per heavy atom. The maximum atomic E-state index is 2.62. The van der Waals surface area contributed by atoms with Crippen LogP contribution in [0.15, 0.2) is 30.3 Å². The van der Waals surface area contributed by atoms with Crippen molar-refractivity contribution in [1.29, 1.82) is 0 Å². The maximum absolute atomic E-state index is 2.62. The van der Waals surface area contributed by atoms with Crippen LogP contribution in [-0.2, 0) is 6.54 Å². The predicted molar refractivity (Wildman–Crippen MR) is 73.9 cm³/mol. The first-order chi connectivity index (χ1) is 8.05. The molecule has 0 bridgehead atoms. The summed E-state index contributed by atoms with van der Waals surface area (Å²) in [5.74, 6) is 0.847. The molecule has 17 heavy (non-hydrogen) atoms. The molecule has 1 saturated heterocycles. The minimum Gasteiger partial charge on any atom is -0.299 e. The van der Waals surface area contributed by atoms with E-state index in [2.05, 4.69) is 56.0 Å². The Labute approximate surface area is 106 Å². The standard InChI is InChI=1S/C16H25N/c1-16(2,3)15-10-7-11-17(13-15)12-14-8-5-4-6-9-14/h4-6,8-9,15H,7,10-13H2,1-3H3. The Morgan fingerprint density at radius 2 is 1.88 bits per heavy atom. The van der Waals surface area contributed by atoms with Crippen molar-refractivity contribution in [2.24, 2.45) is 11.3 Å². The summed E-state index contributed by atoms with van der Waals surface area (Å²) in [4.78, 5) is 2.62. The zero-order valence-electron chi connectivity index (χ0n) is 11.4. The van der Waals surface area contributed by atoms with Gasteiger partial charge in [-0.05, 0) is 36.3 Å². The fraction of sp³-hybridized carbons (Fsp3) is 0.625. The van der Waals surface area contributed by atoms with Crippen LogP contribution >= 0.6 is 0 Å². The second-order valence-corrected chi connectivity index (χ2v) is 6.43. The molecule has 0 aliphatic carbocycles. The minimum atomic E-state index is 0.454. The second kappa shape index (κ2) is 5.22. The lowest BCUT2D eigenvalue weighted by molar-refractivity contribution is 0.0943. The lowest BCUT2D eigenvalue weighted by Gasteiger charge is -2.39. The first-order valence-corrected chi connectivity index (χ1v) is 6.82. The summed E-state index contributed by atoms with van der Waals surface area (Å²) >= 11 is 0. The first-order valence-electron chi connectivity index (χ1n) is 6.82. The van der Waals surface area contributed by atoms with Crippen molar-refractivity contribution in [2.75, 3.05) is 13.1 Å². The van der Waals surface area contributed by atoms with Gasteiger partial charge >= 0.3 is 0 Å². The molecule has 0 spiro atoms. The molecule has 0 saturated carbocycles. The molecule has 0 N–H and O–H groups in total. The van der Waals surface area contributed by atoms with Gasteiger partial charge in [0.25, 0.3) is 0 Å². The zero-order valence-corrected chi connectivity index (χ0v) is 11.4. The molecule has 1 unspecified atom stereocenters. The summed E-state index contributed by atoms with van der Waals surface area (Å²) in [6, 6.07) is 10.8. The van der Waals surface area contributed by atoms with Gasteiger partial charge in [0.15, 0.2) is 0 Å². The van der Waals surface area contributed by atoms with Gasteiger partial charge in [0.05, 0.1) is 0 Å². The summed E-state index contributed by atoms with van der Waals surface area (Å²) in [6.45, 7) is 10.8. The number of likely N-dealkylation sites (tertiary alicyclic amines) is 1. The molecule has 1 fully saturated rings. The third-order valence-corrected chi connectivity index (χ3v) is 3.98. The highest BCUT2D eigenvalue weighted by Crippen LogP contribution is 2.33. The third kappa shape index (κ3) is 3.57. The Balaban J connectivity index is 1.94. The van der Waals surface area contributed by atoms with Gasteiger partial charge in [-0.3, -0.25) is 4.90 Å². The van der Waals surface area contributed by atoms with Crippen LogP contribution in [0.5, 0.6) is 0 Å². The number of rotatable bonds is 2. The molecule has 1 aliphatic heterocycles. The van der Waals surface area contributed by atoms with Crippen molar-refractivity contribution in [3.8, 4) is 0 Å². The summed E-state index contributed by atoms with van der Waals surface area (Å²) in [6.07, 6.45) is 2.75. The molecule has 1 aliphatic rings. The zero-order chi connectivity index (χ0) is 12.3. The number of piperidine rings is 1. The molecular formula is C16H25N. The molecule has 0 amide bonds. The monoisotopic (exact) mass is 231 g/mol. The van der Waals surface area contributed by atoms with E-state index in [0.29, 0.717) is 5.41 Å². The van der Waals surface area contributed by atoms with E-state index in [1.165, 1.54) is 31.5 Å². The normalized spacial score (nSPS) is 22.6. The summed E-state index contributed by atoms with van der Waals surface area (Å²) < 4.78 is 0. The SMILES string of the molecule is CC(C)(C)C1CCCN(Cc2ccccc2)C1. The predicted octanol–water partition coefficient (Wildman–Crippen LogP) is 3.94. The molecule has 0 radical (unpaired) electrons. The van der Waals surface area contributed by atoms with Gasteiger partial charge in [0, 0.05) is 13.1 Å². The average molecular weight is 231 g/mol. The van der Waals surface area contributed by atoms with Crippen molar-refractivity contribution >= 4 is 0 Å². The number of hydrogen-bond donors (Lipinski definition) is 0. The quantitative estimate of drug-likeness (QED) is 0.745. The highest BCUT2D eigenvalue weighted by atomic mass is 15.1. The van der Waals surface area contributed by atoms with Gasteiger partial charge < -0.3 is 0 Å². The lowest BCUT2D eigenvalue weighted by atomic mass is 9.76. The van der Waals surface area contributed by atoms with Crippen LogP contribution in [0.1, 0.15) is 39.2 Å². The molecular weight excluding hydrogens is 206 g/mol. The largest absolute Gasteiger partial charge is 0.299 e. The van der Waals surface area contributed by atoms with Gasteiger partial charge in [0.2, 0.25) is 0 Å². The van der Waals surface area contributed by atoms with E-state index in [-0.39, 0.29) is 0 Å². The van der Waals surface area contributed by atoms with Gasteiger partial charge in [-0.25, -0.2) is 0 Å². The summed E-state index contributed by atoms with van der Waals surface area (Å²) in [5.41, 5.74) is 1.90. The molecule has 2 rings (SSSR count). The van der Waals surface area contributed by atoms with Gasteiger partial charge in [-0.2, -0.15) is 0 Å². The van der Waals surface area contributed by atoms with Crippen LogP contribution in [0.3, 0.4) is 0 Å². The van der Waals surface area contributed by atoms with E-state index in [0.717, 1.165) is 12.5 Å². The number of benzene rings is 1. The Bertz CT molecular complexity index is 336. The van der Waals surface area contributed by atoms with E-state index < -0.39 is 0 Å². The summed E-state index contributed by atoms with van der Waals surface area (Å²) in [5, 5.41) is 0. The van der Waals surface area contributed by atoms with Crippen molar-refractivity contribution in [2.45, 2.75) is 40.2 Å². The number of nitrogens with zero attached hydrogens (tertiary/aromatic N) is 1. The topological polar surface area (TPSA) is 3.24 Å². The van der Waals surface area contributed by atoms with Crippen molar-refractivity contribution in [3.63, 3.8) is 0 Å². The average Bonchev–Trinajstić information content (AvgIpc) is 2.29. The highest BCUT2D eigenvalue weighted by Gasteiger charge is 2.29. The molecule has 94 valence electrons. The van der Waals surface area contributed by atoms with E-state index in [4.69, 9.17) is 0 Å². The molecule has 1 aromatic carbocycles. The minimum absolute atomic E-state index is 0.454. The summed E-state index contributed by atoms with van der Waals surface area (Å²) in [7, 11) is 0. The van der Waals surface area contributed by atoms with Crippen LogP contribution in [0.25, 0.3) is 0 Å². The van der Waals surface area contributed by atoms with E-state index in [1.54, 1.807) is 0 Å². The maximum Gasteiger partial charge on any atom is 0.0233 e. The van der Waals surface area contributed by atoms with Crippen molar-refractivity contribution in [1.82, 2.24) is 4.90 Å². The van der Waals surface area contributed by atoms with Gasteiger partial charge in [0.1, 0.15) is 0 Å². The molecule has 1 nitrogen and oxygen atoms in total. The fourth-order valence-electron chi connectivity index (χ4n) is 2.75. The van der Waals surface area contributed by atoms with Gasteiger partial charge in [-0.15, -0.1) is 0 Å². The van der Waals surface area contributed by atoms with Gasteiger partial charge in [-0.1, -0.05) is 51.1 Å². The van der Waals surface area contributed by atoms with Crippen LogP contribution < -0.4 is 0 Å². The van der Waals surface area contributed by atoms with E-state index in [9.17, 15) is 0 Å².